The molecule has 2 amide bonds. The van der Waals surface area contributed by atoms with E-state index in [1.807, 2.05) is 42.5 Å². The molecule has 3 rings (SSSR count). The summed E-state index contributed by atoms with van der Waals surface area (Å²) in [5.41, 5.74) is 3.94. The molecule has 0 saturated carbocycles. The summed E-state index contributed by atoms with van der Waals surface area (Å²) < 4.78 is 0.889. The van der Waals surface area contributed by atoms with Gasteiger partial charge in [0.2, 0.25) is 0 Å². The summed E-state index contributed by atoms with van der Waals surface area (Å²) in [6.45, 7) is 0.322. The van der Waals surface area contributed by atoms with Crippen LogP contribution in [0.25, 0.3) is 0 Å². The smallest absolute Gasteiger partial charge is 0.319 e. The van der Waals surface area contributed by atoms with Crippen LogP contribution < -0.4 is 16.1 Å². The van der Waals surface area contributed by atoms with Crippen LogP contribution in [-0.2, 0) is 6.54 Å². The molecule has 1 heterocycles. The van der Waals surface area contributed by atoms with Crippen LogP contribution in [-0.4, -0.2) is 17.1 Å². The maximum absolute atomic E-state index is 12.0. The van der Waals surface area contributed by atoms with Gasteiger partial charge in [0.1, 0.15) is 0 Å². The number of carbonyl (C=O) groups excluding carboxylic acids is 1. The monoisotopic (exact) mass is 469 g/mol. The van der Waals surface area contributed by atoms with Crippen LogP contribution in [0.3, 0.4) is 0 Å². The zero-order valence-corrected chi connectivity index (χ0v) is 17.4. The van der Waals surface area contributed by atoms with Crippen molar-refractivity contribution in [2.75, 3.05) is 5.32 Å². The van der Waals surface area contributed by atoms with Crippen molar-refractivity contribution < 1.29 is 10.0 Å². The third-order valence-corrected chi connectivity index (χ3v) is 5.33. The molecule has 0 aliphatic rings. The predicted octanol–water partition coefficient (Wildman–Crippen LogP) is 4.76. The lowest BCUT2D eigenvalue weighted by Gasteiger charge is -2.06. The summed E-state index contributed by atoms with van der Waals surface area (Å²) in [5, 5.41) is 23.7. The molecule has 146 valence electrons. The van der Waals surface area contributed by atoms with Gasteiger partial charge in [-0.15, -0.1) is 11.3 Å². The Kier molecular flexibility index (Phi) is 6.97. The fourth-order valence-electron chi connectivity index (χ4n) is 2.38. The SMILES string of the molecule is N#Cc1ccc(NC(=O)NCc2ccc(C(=Nc3cccc(Br)c3)NO)s2)cc1. The number of carbonyl (C=O) groups is 1. The highest BCUT2D eigenvalue weighted by atomic mass is 79.9. The highest BCUT2D eigenvalue weighted by molar-refractivity contribution is 9.10. The van der Waals surface area contributed by atoms with Crippen LogP contribution in [0.15, 0.2) is 70.1 Å². The Labute approximate surface area is 179 Å². The molecular formula is C20H16BrN5O2S. The number of urea groups is 1. The number of hydroxylamine groups is 1. The van der Waals surface area contributed by atoms with Crippen LogP contribution in [0.2, 0.25) is 0 Å². The zero-order chi connectivity index (χ0) is 20.6. The van der Waals surface area contributed by atoms with Gasteiger partial charge in [0.25, 0.3) is 0 Å². The first-order valence-corrected chi connectivity index (χ1v) is 10.1. The van der Waals surface area contributed by atoms with Crippen molar-refractivity contribution in [3.63, 3.8) is 0 Å². The van der Waals surface area contributed by atoms with Gasteiger partial charge in [-0.3, -0.25) is 10.7 Å². The van der Waals surface area contributed by atoms with Crippen molar-refractivity contribution in [3.05, 3.63) is 80.5 Å². The third-order valence-electron chi connectivity index (χ3n) is 3.75. The van der Waals surface area contributed by atoms with Gasteiger partial charge < -0.3 is 10.6 Å². The van der Waals surface area contributed by atoms with E-state index in [0.29, 0.717) is 29.3 Å². The molecule has 0 atom stereocenters. The normalized spacial score (nSPS) is 10.9. The number of anilines is 1. The topological polar surface area (TPSA) is 110 Å². The second-order valence-corrected chi connectivity index (χ2v) is 7.90. The highest BCUT2D eigenvalue weighted by Gasteiger charge is 2.09. The van der Waals surface area contributed by atoms with Crippen LogP contribution in [0.5, 0.6) is 0 Å². The number of nitrogens with zero attached hydrogens (tertiary/aromatic N) is 2. The number of benzene rings is 2. The van der Waals surface area contributed by atoms with Crippen LogP contribution in [0, 0.1) is 11.3 Å². The fraction of sp³-hybridized carbons (Fsp3) is 0.0500. The number of hydrogen-bond donors (Lipinski definition) is 4. The van der Waals surface area contributed by atoms with Gasteiger partial charge in [-0.25, -0.2) is 9.79 Å². The minimum absolute atomic E-state index is 0.321. The van der Waals surface area contributed by atoms with E-state index >= 15 is 0 Å². The van der Waals surface area contributed by atoms with E-state index in [2.05, 4.69) is 37.0 Å². The van der Waals surface area contributed by atoms with E-state index in [1.165, 1.54) is 11.3 Å². The number of halogens is 1. The van der Waals surface area contributed by atoms with E-state index in [9.17, 15) is 10.0 Å². The molecule has 2 aromatic carbocycles. The van der Waals surface area contributed by atoms with Gasteiger partial charge in [-0.1, -0.05) is 22.0 Å². The minimum atomic E-state index is -0.354. The molecule has 3 aromatic rings. The van der Waals surface area contributed by atoms with Gasteiger partial charge in [-0.2, -0.15) is 5.26 Å². The van der Waals surface area contributed by atoms with E-state index in [0.717, 1.165) is 14.2 Å². The number of amides is 2. The molecule has 1 aromatic heterocycles. The molecule has 9 heteroatoms. The van der Waals surface area contributed by atoms with Crippen LogP contribution in [0.1, 0.15) is 15.3 Å². The number of aliphatic imine (C=N–C) groups is 1. The lowest BCUT2D eigenvalue weighted by atomic mass is 10.2. The maximum Gasteiger partial charge on any atom is 0.319 e. The van der Waals surface area contributed by atoms with E-state index in [4.69, 9.17) is 5.26 Å². The predicted molar refractivity (Wildman–Crippen MR) is 117 cm³/mol. The van der Waals surface area contributed by atoms with Crippen molar-refractivity contribution in [1.82, 2.24) is 10.8 Å². The Hall–Kier alpha value is -3.19. The molecule has 4 N–H and O–H groups in total. The van der Waals surface area contributed by atoms with Crippen molar-refractivity contribution >= 4 is 50.5 Å². The molecular weight excluding hydrogens is 454 g/mol. The second kappa shape index (κ2) is 9.84. The van der Waals surface area contributed by atoms with Crippen LogP contribution in [0.4, 0.5) is 16.2 Å². The van der Waals surface area contributed by atoms with Crippen molar-refractivity contribution in [2.24, 2.45) is 4.99 Å². The van der Waals surface area contributed by atoms with E-state index in [1.54, 1.807) is 24.3 Å². The summed E-state index contributed by atoms with van der Waals surface area (Å²) in [6.07, 6.45) is 0. The number of amidine groups is 1. The van der Waals surface area contributed by atoms with Crippen molar-refractivity contribution in [1.29, 1.82) is 5.26 Å². The third kappa shape index (κ3) is 5.89. The Bertz CT molecular complexity index is 1070. The number of thiophene rings is 1. The average molecular weight is 470 g/mol. The Morgan fingerprint density at radius 1 is 1.17 bits per heavy atom. The van der Waals surface area contributed by atoms with E-state index in [-0.39, 0.29) is 6.03 Å². The van der Waals surface area contributed by atoms with Gasteiger partial charge in [-0.05, 0) is 54.6 Å². The first-order valence-electron chi connectivity index (χ1n) is 8.46. The Morgan fingerprint density at radius 2 is 1.97 bits per heavy atom. The molecule has 0 aliphatic carbocycles. The first-order chi connectivity index (χ1) is 14.1. The molecule has 0 unspecified atom stereocenters. The minimum Gasteiger partial charge on any atom is -0.333 e. The van der Waals surface area contributed by atoms with Crippen molar-refractivity contribution in [2.45, 2.75) is 6.54 Å². The molecule has 29 heavy (non-hydrogen) atoms. The highest BCUT2D eigenvalue weighted by Crippen LogP contribution is 2.22. The van der Waals surface area contributed by atoms with Gasteiger partial charge in [0.15, 0.2) is 5.84 Å². The first kappa shape index (κ1) is 20.5. The molecule has 0 spiro atoms. The van der Waals surface area contributed by atoms with Gasteiger partial charge in [0, 0.05) is 15.0 Å². The van der Waals surface area contributed by atoms with Crippen molar-refractivity contribution in [3.8, 4) is 6.07 Å². The lowest BCUT2D eigenvalue weighted by molar-refractivity contribution is 0.235. The van der Waals surface area contributed by atoms with Crippen LogP contribution >= 0.6 is 27.3 Å². The molecule has 0 radical (unpaired) electrons. The average Bonchev–Trinajstić information content (AvgIpc) is 3.20. The molecule has 0 fully saturated rings. The Balaban J connectivity index is 1.60. The van der Waals surface area contributed by atoms with Gasteiger partial charge in [0.05, 0.1) is 28.7 Å². The molecule has 0 aliphatic heterocycles. The lowest BCUT2D eigenvalue weighted by Crippen LogP contribution is -2.27. The summed E-state index contributed by atoms with van der Waals surface area (Å²) >= 11 is 4.79. The number of hydrogen-bond acceptors (Lipinski definition) is 5. The molecule has 0 bridgehead atoms. The fourth-order valence-corrected chi connectivity index (χ4v) is 3.66. The number of nitriles is 1. The maximum atomic E-state index is 12.0. The largest absolute Gasteiger partial charge is 0.333 e. The molecule has 0 saturated heterocycles. The summed E-state index contributed by atoms with van der Waals surface area (Å²) in [4.78, 5) is 18.1. The second-order valence-electron chi connectivity index (χ2n) is 5.81. The number of rotatable bonds is 5. The van der Waals surface area contributed by atoms with Gasteiger partial charge >= 0.3 is 6.03 Å². The Morgan fingerprint density at radius 3 is 2.66 bits per heavy atom. The standard InChI is InChI=1S/C20H16BrN5O2S/c21-14-2-1-3-16(10-14)24-19(26-28)18-9-8-17(29-18)12-23-20(27)25-15-6-4-13(11-22)5-7-15/h1-10,28H,12H2,(H,24,26)(H2,23,25,27). The van der Waals surface area contributed by atoms with E-state index < -0.39 is 0 Å². The zero-order valence-electron chi connectivity index (χ0n) is 15.0. The summed E-state index contributed by atoms with van der Waals surface area (Å²) in [6, 6.07) is 19.4. The summed E-state index contributed by atoms with van der Waals surface area (Å²) in [7, 11) is 0. The quantitative estimate of drug-likeness (QED) is 0.245. The molecule has 7 nitrogen and oxygen atoms in total. The summed E-state index contributed by atoms with van der Waals surface area (Å²) in [5.74, 6) is 0.321. The number of nitrogens with one attached hydrogen (secondary N) is 3.